The van der Waals surface area contributed by atoms with Gasteiger partial charge in [-0.2, -0.15) is 5.26 Å². The predicted molar refractivity (Wildman–Crippen MR) is 90.6 cm³/mol. The van der Waals surface area contributed by atoms with Gasteiger partial charge in [-0.05, 0) is 48.4 Å². The molecule has 0 radical (unpaired) electrons. The quantitative estimate of drug-likeness (QED) is 0.867. The lowest BCUT2D eigenvalue weighted by Gasteiger charge is -2.51. The summed E-state index contributed by atoms with van der Waals surface area (Å²) in [5, 5.41) is 19.3. The molecule has 1 aromatic heterocycles. The van der Waals surface area contributed by atoms with Crippen molar-refractivity contribution in [3.8, 4) is 11.8 Å². The van der Waals surface area contributed by atoms with Crippen molar-refractivity contribution in [1.82, 2.24) is 9.97 Å². The number of phenolic OH excluding ortho intramolecular Hbond substituents is 1. The average molecular weight is 333 g/mol. The Kier molecular flexibility index (Phi) is 3.57. The van der Waals surface area contributed by atoms with Crippen LogP contribution < -0.4 is 0 Å². The van der Waals surface area contributed by atoms with Crippen LogP contribution in [0, 0.1) is 29.1 Å². The molecular weight excluding hydrogens is 314 g/mol. The number of rotatable bonds is 1. The van der Waals surface area contributed by atoms with E-state index in [2.05, 4.69) is 16.0 Å². The van der Waals surface area contributed by atoms with Gasteiger partial charge in [0.2, 0.25) is 0 Å². The van der Waals surface area contributed by atoms with Crippen LogP contribution >= 0.6 is 0 Å². The number of carbonyl (C=O) groups excluding carboxylic acids is 1. The van der Waals surface area contributed by atoms with Crippen LogP contribution in [0.2, 0.25) is 0 Å². The monoisotopic (exact) mass is 333 g/mol. The number of phenols is 1. The number of nitrogens with zero attached hydrogens (tertiary/aromatic N) is 3. The molecule has 2 aliphatic carbocycles. The molecule has 0 saturated heterocycles. The highest BCUT2D eigenvalue weighted by atomic mass is 16.3. The van der Waals surface area contributed by atoms with Gasteiger partial charge in [-0.1, -0.05) is 19.1 Å². The van der Waals surface area contributed by atoms with E-state index in [4.69, 9.17) is 0 Å². The fourth-order valence-corrected chi connectivity index (χ4v) is 4.88. The number of aryl methyl sites for hydroxylation is 1. The molecule has 0 bridgehead atoms. The van der Waals surface area contributed by atoms with E-state index in [0.29, 0.717) is 6.42 Å². The Morgan fingerprint density at radius 1 is 1.32 bits per heavy atom. The normalized spacial score (nSPS) is 30.9. The van der Waals surface area contributed by atoms with Gasteiger partial charge in [-0.25, -0.2) is 9.97 Å². The lowest BCUT2D eigenvalue weighted by Crippen LogP contribution is -2.53. The van der Waals surface area contributed by atoms with Crippen molar-refractivity contribution in [1.29, 1.82) is 5.26 Å². The van der Waals surface area contributed by atoms with E-state index in [0.717, 1.165) is 29.7 Å². The molecule has 0 amide bonds. The van der Waals surface area contributed by atoms with Gasteiger partial charge in [0.15, 0.2) is 5.78 Å². The van der Waals surface area contributed by atoms with Gasteiger partial charge in [0.25, 0.3) is 0 Å². The van der Waals surface area contributed by atoms with E-state index >= 15 is 0 Å². The molecule has 1 fully saturated rings. The molecule has 2 aromatic rings. The van der Waals surface area contributed by atoms with Gasteiger partial charge in [0.1, 0.15) is 18.0 Å². The molecule has 4 atom stereocenters. The first-order valence-electron chi connectivity index (χ1n) is 8.60. The van der Waals surface area contributed by atoms with Crippen LogP contribution in [0.5, 0.6) is 5.75 Å². The molecule has 1 N–H and O–H groups in total. The summed E-state index contributed by atoms with van der Waals surface area (Å²) in [6, 6.07) is 9.34. The van der Waals surface area contributed by atoms with Crippen molar-refractivity contribution in [3.05, 3.63) is 53.6 Å². The predicted octanol–water partition coefficient (Wildman–Crippen LogP) is 2.78. The Bertz CT molecular complexity index is 871. The first-order chi connectivity index (χ1) is 12.1. The van der Waals surface area contributed by atoms with Crippen molar-refractivity contribution >= 4 is 5.78 Å². The third-order valence-corrected chi connectivity index (χ3v) is 6.03. The standard InChI is InChI=1S/C20H19N3O2/c1-12-17-7-2-13-10-22-11-23-19(13)20(17,8-14(9-21)18(12)25)15-3-5-16(24)6-4-15/h3-6,10-12,14,17,24H,2,7-8H2,1H3/t12-,14?,17-,20-/m0/s1. The second kappa shape index (κ2) is 5.66. The second-order valence-corrected chi connectivity index (χ2v) is 7.14. The first kappa shape index (κ1) is 15.8. The molecule has 2 aliphatic rings. The van der Waals surface area contributed by atoms with Crippen molar-refractivity contribution in [3.63, 3.8) is 0 Å². The topological polar surface area (TPSA) is 86.9 Å². The van der Waals surface area contributed by atoms with Crippen LogP contribution in [0.1, 0.15) is 36.6 Å². The number of ketones is 1. The van der Waals surface area contributed by atoms with Crippen molar-refractivity contribution in [2.75, 3.05) is 0 Å². The van der Waals surface area contributed by atoms with Crippen LogP contribution in [0.3, 0.4) is 0 Å². The molecule has 1 unspecified atom stereocenters. The fraction of sp³-hybridized carbons (Fsp3) is 0.400. The summed E-state index contributed by atoms with van der Waals surface area (Å²) in [6.45, 7) is 1.94. The molecule has 1 aromatic carbocycles. The van der Waals surface area contributed by atoms with Gasteiger partial charge in [-0.15, -0.1) is 0 Å². The van der Waals surface area contributed by atoms with Crippen LogP contribution in [-0.4, -0.2) is 20.9 Å². The van der Waals surface area contributed by atoms with Gasteiger partial charge in [-0.3, -0.25) is 4.79 Å². The summed E-state index contributed by atoms with van der Waals surface area (Å²) in [7, 11) is 0. The number of hydrogen-bond acceptors (Lipinski definition) is 5. The lowest BCUT2D eigenvalue weighted by molar-refractivity contribution is -0.131. The number of fused-ring (bicyclic) bond motifs is 3. The number of nitriles is 1. The second-order valence-electron chi connectivity index (χ2n) is 7.14. The molecule has 0 aliphatic heterocycles. The van der Waals surface area contributed by atoms with Gasteiger partial charge in [0, 0.05) is 17.5 Å². The van der Waals surface area contributed by atoms with Gasteiger partial charge in [0.05, 0.1) is 11.8 Å². The minimum Gasteiger partial charge on any atom is -0.508 e. The highest BCUT2D eigenvalue weighted by molar-refractivity contribution is 5.87. The number of aromatic nitrogens is 2. The molecular formula is C20H19N3O2. The zero-order valence-electron chi connectivity index (χ0n) is 14.0. The molecule has 5 heteroatoms. The molecule has 0 spiro atoms. The van der Waals surface area contributed by atoms with Crippen LogP contribution in [0.15, 0.2) is 36.8 Å². The number of aromatic hydroxyl groups is 1. The maximum Gasteiger partial charge on any atom is 0.153 e. The third kappa shape index (κ3) is 2.17. The summed E-state index contributed by atoms with van der Waals surface area (Å²) in [5.41, 5.74) is 2.54. The van der Waals surface area contributed by atoms with Crippen LogP contribution in [0.25, 0.3) is 0 Å². The number of carbonyl (C=O) groups is 1. The molecule has 126 valence electrons. The number of hydrogen-bond donors (Lipinski definition) is 1. The summed E-state index contributed by atoms with van der Waals surface area (Å²) in [5.74, 6) is -0.501. The molecule has 5 nitrogen and oxygen atoms in total. The van der Waals surface area contributed by atoms with E-state index in [1.807, 2.05) is 25.3 Å². The van der Waals surface area contributed by atoms with Crippen LogP contribution in [0.4, 0.5) is 0 Å². The summed E-state index contributed by atoms with van der Waals surface area (Å²) in [4.78, 5) is 21.4. The fourth-order valence-electron chi connectivity index (χ4n) is 4.88. The van der Waals surface area contributed by atoms with E-state index in [1.54, 1.807) is 18.5 Å². The Morgan fingerprint density at radius 2 is 2.08 bits per heavy atom. The van der Waals surface area contributed by atoms with E-state index in [9.17, 15) is 15.2 Å². The Labute approximate surface area is 146 Å². The Morgan fingerprint density at radius 3 is 2.80 bits per heavy atom. The maximum atomic E-state index is 12.7. The zero-order chi connectivity index (χ0) is 17.6. The van der Waals surface area contributed by atoms with E-state index < -0.39 is 11.3 Å². The summed E-state index contributed by atoms with van der Waals surface area (Å²) in [6.07, 6.45) is 5.54. The summed E-state index contributed by atoms with van der Waals surface area (Å²) >= 11 is 0. The van der Waals surface area contributed by atoms with Crippen molar-refractivity contribution < 1.29 is 9.90 Å². The molecule has 1 heterocycles. The maximum absolute atomic E-state index is 12.7. The highest BCUT2D eigenvalue weighted by Crippen LogP contribution is 2.55. The van der Waals surface area contributed by atoms with Crippen molar-refractivity contribution in [2.45, 2.75) is 31.6 Å². The minimum absolute atomic E-state index is 0.0411. The molecule has 25 heavy (non-hydrogen) atoms. The Hall–Kier alpha value is -2.74. The van der Waals surface area contributed by atoms with E-state index in [-0.39, 0.29) is 23.4 Å². The van der Waals surface area contributed by atoms with Gasteiger partial charge < -0.3 is 5.11 Å². The minimum atomic E-state index is -0.638. The lowest BCUT2D eigenvalue weighted by atomic mass is 9.51. The van der Waals surface area contributed by atoms with Crippen molar-refractivity contribution in [2.24, 2.45) is 17.8 Å². The van der Waals surface area contributed by atoms with E-state index in [1.165, 1.54) is 0 Å². The highest BCUT2D eigenvalue weighted by Gasteiger charge is 2.56. The summed E-state index contributed by atoms with van der Waals surface area (Å²) < 4.78 is 0. The zero-order valence-corrected chi connectivity index (χ0v) is 14.0. The SMILES string of the molecule is C[C@@H]1C(=O)C(C#N)C[C@@]2(c3ccc(O)cc3)c3ncncc3CC[C@@H]12. The third-order valence-electron chi connectivity index (χ3n) is 6.03. The largest absolute Gasteiger partial charge is 0.508 e. The first-order valence-corrected chi connectivity index (χ1v) is 8.60. The molecule has 4 rings (SSSR count). The average Bonchev–Trinajstić information content (AvgIpc) is 2.65. The Balaban J connectivity index is 1.99. The van der Waals surface area contributed by atoms with Crippen LogP contribution in [-0.2, 0) is 16.6 Å². The number of Topliss-reactive ketones (excluding diaryl/α,β-unsaturated/α-hetero) is 1. The van der Waals surface area contributed by atoms with Gasteiger partial charge >= 0.3 is 0 Å². The smallest absolute Gasteiger partial charge is 0.153 e. The molecule has 1 saturated carbocycles. The number of benzene rings is 1.